The van der Waals surface area contributed by atoms with Gasteiger partial charge in [0.15, 0.2) is 0 Å². The topological polar surface area (TPSA) is 76.3 Å². The van der Waals surface area contributed by atoms with Crippen LogP contribution in [0.2, 0.25) is 0 Å². The molecular formula is C13H15N3O3. The highest BCUT2D eigenvalue weighted by atomic mass is 16.3. The number of para-hydroxylation sites is 1. The van der Waals surface area contributed by atoms with Crippen LogP contribution in [0.3, 0.4) is 0 Å². The monoisotopic (exact) mass is 261 g/mol. The molecule has 0 radical (unpaired) electrons. The maximum absolute atomic E-state index is 12.3. The smallest absolute Gasteiger partial charge is 0.331 e. The van der Waals surface area contributed by atoms with Crippen molar-refractivity contribution in [1.29, 1.82) is 0 Å². The molecule has 19 heavy (non-hydrogen) atoms. The van der Waals surface area contributed by atoms with Crippen LogP contribution in [0, 0.1) is 5.92 Å². The largest absolute Gasteiger partial charge is 0.506 e. The molecule has 100 valence electrons. The summed E-state index contributed by atoms with van der Waals surface area (Å²) in [5.41, 5.74) is -0.424. The van der Waals surface area contributed by atoms with Crippen molar-refractivity contribution in [3.05, 3.63) is 39.0 Å². The summed E-state index contributed by atoms with van der Waals surface area (Å²) < 4.78 is 2.59. The fourth-order valence-corrected chi connectivity index (χ4v) is 2.46. The average Bonchev–Trinajstić information content (AvgIpc) is 2.34. The first kappa shape index (κ1) is 12.0. The first-order valence-electron chi connectivity index (χ1n) is 6.22. The second-order valence-electron chi connectivity index (χ2n) is 4.95. The Hall–Kier alpha value is -2.08. The zero-order valence-corrected chi connectivity index (χ0v) is 10.6. The van der Waals surface area contributed by atoms with Crippen LogP contribution >= 0.6 is 0 Å². The van der Waals surface area contributed by atoms with Crippen molar-refractivity contribution in [3.63, 3.8) is 0 Å². The summed E-state index contributed by atoms with van der Waals surface area (Å²) >= 11 is 0. The van der Waals surface area contributed by atoms with Gasteiger partial charge in [0.1, 0.15) is 5.75 Å². The Morgan fingerprint density at radius 3 is 2.74 bits per heavy atom. The van der Waals surface area contributed by atoms with E-state index in [0.29, 0.717) is 23.4 Å². The third-order valence-corrected chi connectivity index (χ3v) is 3.65. The molecule has 6 nitrogen and oxygen atoms in total. The zero-order chi connectivity index (χ0) is 13.6. The van der Waals surface area contributed by atoms with E-state index >= 15 is 0 Å². The van der Waals surface area contributed by atoms with Crippen molar-refractivity contribution in [3.8, 4) is 5.75 Å². The Kier molecular flexibility index (Phi) is 2.67. The summed E-state index contributed by atoms with van der Waals surface area (Å²) in [5, 5.41) is 13.3. The van der Waals surface area contributed by atoms with Gasteiger partial charge in [-0.05, 0) is 12.1 Å². The lowest BCUT2D eigenvalue weighted by Gasteiger charge is -2.27. The number of aromatic hydroxyl groups is 1. The lowest BCUT2D eigenvalue weighted by molar-refractivity contribution is 0.298. The van der Waals surface area contributed by atoms with Crippen molar-refractivity contribution in [2.24, 2.45) is 13.0 Å². The lowest BCUT2D eigenvalue weighted by Crippen LogP contribution is -2.49. The van der Waals surface area contributed by atoms with E-state index in [1.54, 1.807) is 19.2 Å². The predicted octanol–water partition coefficient (Wildman–Crippen LogP) is -0.375. The van der Waals surface area contributed by atoms with Crippen LogP contribution in [-0.4, -0.2) is 27.3 Å². The lowest BCUT2D eigenvalue weighted by atomic mass is 10.0. The van der Waals surface area contributed by atoms with Crippen molar-refractivity contribution in [2.45, 2.75) is 6.54 Å². The van der Waals surface area contributed by atoms with Crippen LogP contribution in [-0.2, 0) is 13.6 Å². The molecule has 0 spiro atoms. The van der Waals surface area contributed by atoms with Crippen LogP contribution < -0.4 is 16.6 Å². The summed E-state index contributed by atoms with van der Waals surface area (Å²) in [6.45, 7) is 2.07. The highest BCUT2D eigenvalue weighted by molar-refractivity contribution is 5.83. The Morgan fingerprint density at radius 1 is 1.37 bits per heavy atom. The van der Waals surface area contributed by atoms with Gasteiger partial charge in [-0.1, -0.05) is 6.07 Å². The molecule has 6 heteroatoms. The number of phenols is 1. The maximum Gasteiger partial charge on any atom is 0.331 e. The van der Waals surface area contributed by atoms with Gasteiger partial charge in [0.25, 0.3) is 5.56 Å². The van der Waals surface area contributed by atoms with E-state index < -0.39 is 0 Å². The SMILES string of the molecule is Cn1c(=O)n(CC2CNC2)c(=O)c2cccc(O)c21. The molecule has 2 N–H and O–H groups in total. The summed E-state index contributed by atoms with van der Waals surface area (Å²) in [6, 6.07) is 4.71. The standard InChI is InChI=1S/C13H15N3O3/c1-15-11-9(3-2-4-10(11)17)12(18)16(13(15)19)7-8-5-14-6-8/h2-4,8,14,17H,5-7H2,1H3. The molecule has 2 heterocycles. The molecule has 0 aliphatic carbocycles. The molecule has 2 aromatic rings. The van der Waals surface area contributed by atoms with Gasteiger partial charge >= 0.3 is 5.69 Å². The van der Waals surface area contributed by atoms with Crippen LogP contribution in [0.4, 0.5) is 0 Å². The minimum atomic E-state index is -0.383. The number of fused-ring (bicyclic) bond motifs is 1. The normalized spacial score (nSPS) is 15.6. The number of hydrogen-bond donors (Lipinski definition) is 2. The average molecular weight is 261 g/mol. The summed E-state index contributed by atoms with van der Waals surface area (Å²) in [7, 11) is 1.57. The first-order valence-corrected chi connectivity index (χ1v) is 6.22. The van der Waals surface area contributed by atoms with Gasteiger partial charge in [-0.15, -0.1) is 0 Å². The molecule has 0 unspecified atom stereocenters. The van der Waals surface area contributed by atoms with Gasteiger partial charge in [0.05, 0.1) is 10.9 Å². The number of phenolic OH excluding ortho intramolecular Hbond substituents is 1. The Balaban J connectivity index is 2.29. The third-order valence-electron chi connectivity index (χ3n) is 3.65. The fourth-order valence-electron chi connectivity index (χ4n) is 2.46. The summed E-state index contributed by atoms with van der Waals surface area (Å²) in [4.78, 5) is 24.6. The second-order valence-corrected chi connectivity index (χ2v) is 4.95. The molecule has 0 bridgehead atoms. The van der Waals surface area contributed by atoms with Crippen LogP contribution in [0.25, 0.3) is 10.9 Å². The quantitative estimate of drug-likeness (QED) is 0.773. The molecule has 0 atom stereocenters. The number of nitrogens with zero attached hydrogens (tertiary/aromatic N) is 2. The van der Waals surface area contributed by atoms with Gasteiger partial charge in [-0.25, -0.2) is 4.79 Å². The van der Waals surface area contributed by atoms with E-state index in [9.17, 15) is 14.7 Å². The molecule has 1 fully saturated rings. The van der Waals surface area contributed by atoms with Crippen LogP contribution in [0.1, 0.15) is 0 Å². The molecule has 1 aliphatic heterocycles. The number of aryl methyl sites for hydroxylation is 1. The second kappa shape index (κ2) is 4.24. The van der Waals surface area contributed by atoms with Crippen molar-refractivity contribution >= 4 is 10.9 Å². The molecule has 1 saturated heterocycles. The number of hydrogen-bond acceptors (Lipinski definition) is 4. The minimum Gasteiger partial charge on any atom is -0.506 e. The third kappa shape index (κ3) is 1.76. The molecular weight excluding hydrogens is 246 g/mol. The number of rotatable bonds is 2. The number of nitrogens with one attached hydrogen (secondary N) is 1. The van der Waals surface area contributed by atoms with Crippen LogP contribution in [0.15, 0.2) is 27.8 Å². The number of benzene rings is 1. The molecule has 3 rings (SSSR count). The van der Waals surface area contributed by atoms with Crippen molar-refractivity contribution < 1.29 is 5.11 Å². The zero-order valence-electron chi connectivity index (χ0n) is 10.6. The molecule has 1 aromatic carbocycles. The van der Waals surface area contributed by atoms with E-state index in [1.807, 2.05) is 0 Å². The van der Waals surface area contributed by atoms with Gasteiger partial charge < -0.3 is 10.4 Å². The first-order chi connectivity index (χ1) is 9.09. The Morgan fingerprint density at radius 2 is 2.11 bits per heavy atom. The Bertz CT molecular complexity index is 756. The Labute approximate surface area is 108 Å². The highest BCUT2D eigenvalue weighted by Gasteiger charge is 2.21. The molecule has 1 aromatic heterocycles. The summed E-state index contributed by atoms with van der Waals surface area (Å²) in [6.07, 6.45) is 0. The van der Waals surface area contributed by atoms with Crippen LogP contribution in [0.5, 0.6) is 5.75 Å². The van der Waals surface area contributed by atoms with E-state index in [2.05, 4.69) is 5.32 Å². The van der Waals surface area contributed by atoms with E-state index in [0.717, 1.165) is 13.1 Å². The van der Waals surface area contributed by atoms with Gasteiger partial charge in [-0.2, -0.15) is 0 Å². The van der Waals surface area contributed by atoms with Gasteiger partial charge in [-0.3, -0.25) is 13.9 Å². The highest BCUT2D eigenvalue weighted by Crippen LogP contribution is 2.19. The molecule has 1 aliphatic rings. The van der Waals surface area contributed by atoms with E-state index in [1.165, 1.54) is 15.2 Å². The van der Waals surface area contributed by atoms with E-state index in [4.69, 9.17) is 0 Å². The summed E-state index contributed by atoms with van der Waals surface area (Å²) in [5.74, 6) is 0.270. The number of aromatic nitrogens is 2. The maximum atomic E-state index is 12.3. The fraction of sp³-hybridized carbons (Fsp3) is 0.385. The predicted molar refractivity (Wildman–Crippen MR) is 71.5 cm³/mol. The van der Waals surface area contributed by atoms with Crippen molar-refractivity contribution in [2.75, 3.05) is 13.1 Å². The van der Waals surface area contributed by atoms with Gasteiger partial charge in [0, 0.05) is 32.6 Å². The minimum absolute atomic E-state index is 0.0494. The molecule has 0 saturated carbocycles. The van der Waals surface area contributed by atoms with E-state index in [-0.39, 0.29) is 17.0 Å². The van der Waals surface area contributed by atoms with Crippen molar-refractivity contribution in [1.82, 2.24) is 14.5 Å². The molecule has 0 amide bonds. The van der Waals surface area contributed by atoms with Gasteiger partial charge in [0.2, 0.25) is 0 Å².